The number of hydrogen-bond acceptors (Lipinski definition) is 4. The molecule has 2 rings (SSSR count). The number of nitrogens with zero attached hydrogens (tertiary/aromatic N) is 2. The highest BCUT2D eigenvalue weighted by Gasteiger charge is 2.25. The number of rotatable bonds is 7. The molecule has 0 aromatic heterocycles. The second kappa shape index (κ2) is 9.20. The van der Waals surface area contributed by atoms with Crippen molar-refractivity contribution in [2.24, 2.45) is 0 Å². The van der Waals surface area contributed by atoms with Crippen LogP contribution in [0.4, 0.5) is 0 Å². The fourth-order valence-electron chi connectivity index (χ4n) is 2.95. The van der Waals surface area contributed by atoms with Gasteiger partial charge in [-0.25, -0.2) is 8.42 Å². The van der Waals surface area contributed by atoms with Crippen molar-refractivity contribution in [3.63, 3.8) is 0 Å². The molecule has 1 aliphatic rings. The Morgan fingerprint density at radius 1 is 1.04 bits per heavy atom. The summed E-state index contributed by atoms with van der Waals surface area (Å²) in [7, 11) is -3.45. The van der Waals surface area contributed by atoms with Crippen LogP contribution >= 0.6 is 0 Å². The van der Waals surface area contributed by atoms with E-state index in [1.807, 2.05) is 13.8 Å². The van der Waals surface area contributed by atoms with E-state index in [0.717, 1.165) is 25.7 Å². The van der Waals surface area contributed by atoms with Gasteiger partial charge in [-0.15, -0.1) is 0 Å². The molecular weight excluding hydrogens is 340 g/mol. The van der Waals surface area contributed by atoms with Crippen LogP contribution in [0.2, 0.25) is 0 Å². The lowest BCUT2D eigenvalue weighted by Crippen LogP contribution is -2.34. The monoisotopic (exact) mass is 368 g/mol. The minimum Gasteiger partial charge on any atom is -0.484 e. The van der Waals surface area contributed by atoms with Gasteiger partial charge in [0.25, 0.3) is 5.91 Å². The van der Waals surface area contributed by atoms with E-state index in [2.05, 4.69) is 0 Å². The number of sulfonamides is 1. The van der Waals surface area contributed by atoms with Gasteiger partial charge in [0.05, 0.1) is 4.90 Å². The van der Waals surface area contributed by atoms with Crippen molar-refractivity contribution in [2.75, 3.05) is 32.8 Å². The summed E-state index contributed by atoms with van der Waals surface area (Å²) < 4.78 is 32.5. The molecule has 6 nitrogen and oxygen atoms in total. The van der Waals surface area contributed by atoms with E-state index in [-0.39, 0.29) is 17.4 Å². The van der Waals surface area contributed by atoms with E-state index >= 15 is 0 Å². The van der Waals surface area contributed by atoms with Crippen molar-refractivity contribution in [1.29, 1.82) is 0 Å². The highest BCUT2D eigenvalue weighted by atomic mass is 32.2. The molecule has 1 aromatic rings. The van der Waals surface area contributed by atoms with Gasteiger partial charge in [-0.05, 0) is 51.0 Å². The summed E-state index contributed by atoms with van der Waals surface area (Å²) in [6.07, 6.45) is 3.99. The van der Waals surface area contributed by atoms with Crippen molar-refractivity contribution < 1.29 is 17.9 Å². The van der Waals surface area contributed by atoms with E-state index < -0.39 is 10.0 Å². The lowest BCUT2D eigenvalue weighted by atomic mass is 10.2. The summed E-state index contributed by atoms with van der Waals surface area (Å²) in [6.45, 7) is 6.25. The Bertz CT molecular complexity index is 646. The molecule has 1 saturated heterocycles. The maximum atomic E-state index is 12.7. The molecule has 1 aliphatic heterocycles. The lowest BCUT2D eigenvalue weighted by molar-refractivity contribution is -0.132. The standard InChI is InChI=1S/C18H28N2O4S/c1-3-19(4-2)18(21)15-24-16-9-11-17(12-10-16)25(22,23)20-13-7-5-6-8-14-20/h9-12H,3-8,13-15H2,1-2H3. The molecule has 1 aromatic carbocycles. The number of likely N-dealkylation sites (N-methyl/N-ethyl adjacent to an activating group) is 1. The van der Waals surface area contributed by atoms with Crippen LogP contribution in [0.25, 0.3) is 0 Å². The number of ether oxygens (including phenoxy) is 1. The predicted molar refractivity (Wildman–Crippen MR) is 97.1 cm³/mol. The van der Waals surface area contributed by atoms with Crippen LogP contribution in [-0.4, -0.2) is 56.3 Å². The molecule has 140 valence electrons. The number of amides is 1. The molecule has 0 bridgehead atoms. The molecule has 0 unspecified atom stereocenters. The van der Waals surface area contributed by atoms with Gasteiger partial charge in [0.15, 0.2) is 6.61 Å². The third-order valence-corrected chi connectivity index (χ3v) is 6.42. The van der Waals surface area contributed by atoms with E-state index in [0.29, 0.717) is 31.9 Å². The Labute approximate surface area is 150 Å². The highest BCUT2D eigenvalue weighted by molar-refractivity contribution is 7.89. The van der Waals surface area contributed by atoms with E-state index in [1.54, 1.807) is 33.5 Å². The van der Waals surface area contributed by atoms with E-state index in [4.69, 9.17) is 4.74 Å². The molecule has 0 atom stereocenters. The van der Waals surface area contributed by atoms with Crippen molar-refractivity contribution >= 4 is 15.9 Å². The predicted octanol–water partition coefficient (Wildman–Crippen LogP) is 2.50. The van der Waals surface area contributed by atoms with Gasteiger partial charge < -0.3 is 9.64 Å². The fourth-order valence-corrected chi connectivity index (χ4v) is 4.47. The summed E-state index contributed by atoms with van der Waals surface area (Å²) in [5.74, 6) is 0.418. The second-order valence-electron chi connectivity index (χ2n) is 6.14. The molecule has 7 heteroatoms. The molecule has 1 amide bonds. The summed E-state index contributed by atoms with van der Waals surface area (Å²) in [4.78, 5) is 13.9. The molecule has 0 radical (unpaired) electrons. The van der Waals surface area contributed by atoms with Crippen molar-refractivity contribution in [2.45, 2.75) is 44.4 Å². The first kappa shape index (κ1) is 19.7. The van der Waals surface area contributed by atoms with Crippen molar-refractivity contribution in [3.8, 4) is 5.75 Å². The molecule has 1 fully saturated rings. The maximum Gasteiger partial charge on any atom is 0.260 e. The molecule has 0 saturated carbocycles. The van der Waals surface area contributed by atoms with Gasteiger partial charge in [0.1, 0.15) is 5.75 Å². The van der Waals surface area contributed by atoms with Gasteiger partial charge in [0, 0.05) is 26.2 Å². The Morgan fingerprint density at radius 3 is 2.12 bits per heavy atom. The van der Waals surface area contributed by atoms with Gasteiger partial charge >= 0.3 is 0 Å². The largest absolute Gasteiger partial charge is 0.484 e. The smallest absolute Gasteiger partial charge is 0.260 e. The summed E-state index contributed by atoms with van der Waals surface area (Å²) in [5, 5.41) is 0. The Hall–Kier alpha value is -1.60. The molecule has 0 aliphatic carbocycles. The zero-order valence-electron chi connectivity index (χ0n) is 15.1. The third-order valence-electron chi connectivity index (χ3n) is 4.50. The zero-order chi connectivity index (χ0) is 18.3. The number of carbonyl (C=O) groups excluding carboxylic acids is 1. The van der Waals surface area contributed by atoms with Crippen LogP contribution in [0.1, 0.15) is 39.5 Å². The van der Waals surface area contributed by atoms with Gasteiger partial charge in [-0.1, -0.05) is 12.8 Å². The van der Waals surface area contributed by atoms with Gasteiger partial charge in [-0.2, -0.15) is 4.31 Å². The highest BCUT2D eigenvalue weighted by Crippen LogP contribution is 2.22. The normalized spacial score (nSPS) is 16.2. The Kier molecular flexibility index (Phi) is 7.25. The van der Waals surface area contributed by atoms with Crippen LogP contribution in [0.15, 0.2) is 29.2 Å². The Morgan fingerprint density at radius 2 is 1.60 bits per heavy atom. The molecular formula is C18H28N2O4S. The quantitative estimate of drug-likeness (QED) is 0.742. The Balaban J connectivity index is 2.00. The van der Waals surface area contributed by atoms with Gasteiger partial charge in [-0.3, -0.25) is 4.79 Å². The number of carbonyl (C=O) groups is 1. The average molecular weight is 368 g/mol. The van der Waals surface area contributed by atoms with Crippen LogP contribution in [0.3, 0.4) is 0 Å². The summed E-state index contributed by atoms with van der Waals surface area (Å²) >= 11 is 0. The summed E-state index contributed by atoms with van der Waals surface area (Å²) in [6, 6.07) is 6.33. The van der Waals surface area contributed by atoms with E-state index in [1.165, 1.54) is 0 Å². The van der Waals surface area contributed by atoms with Crippen LogP contribution in [0, 0.1) is 0 Å². The van der Waals surface area contributed by atoms with E-state index in [9.17, 15) is 13.2 Å². The van der Waals surface area contributed by atoms with Crippen LogP contribution in [0.5, 0.6) is 5.75 Å². The fraction of sp³-hybridized carbons (Fsp3) is 0.611. The topological polar surface area (TPSA) is 66.9 Å². The summed E-state index contributed by atoms with van der Waals surface area (Å²) in [5.41, 5.74) is 0. The van der Waals surface area contributed by atoms with Crippen molar-refractivity contribution in [1.82, 2.24) is 9.21 Å². The van der Waals surface area contributed by atoms with Crippen LogP contribution < -0.4 is 4.74 Å². The number of benzene rings is 1. The SMILES string of the molecule is CCN(CC)C(=O)COc1ccc(S(=O)(=O)N2CCCCCC2)cc1. The van der Waals surface area contributed by atoms with Crippen LogP contribution in [-0.2, 0) is 14.8 Å². The first-order chi connectivity index (χ1) is 12.0. The molecule has 0 N–H and O–H groups in total. The first-order valence-electron chi connectivity index (χ1n) is 8.99. The average Bonchev–Trinajstić information content (AvgIpc) is 2.91. The molecule has 25 heavy (non-hydrogen) atoms. The van der Waals surface area contributed by atoms with Crippen molar-refractivity contribution in [3.05, 3.63) is 24.3 Å². The number of hydrogen-bond donors (Lipinski definition) is 0. The second-order valence-corrected chi connectivity index (χ2v) is 8.08. The lowest BCUT2D eigenvalue weighted by Gasteiger charge is -2.20. The minimum atomic E-state index is -3.45. The molecule has 0 spiro atoms. The first-order valence-corrected chi connectivity index (χ1v) is 10.4. The maximum absolute atomic E-state index is 12.7. The third kappa shape index (κ3) is 5.19. The molecule has 1 heterocycles. The van der Waals surface area contributed by atoms with Gasteiger partial charge in [0.2, 0.25) is 10.0 Å². The minimum absolute atomic E-state index is 0.0418. The zero-order valence-corrected chi connectivity index (χ0v) is 15.9.